The van der Waals surface area contributed by atoms with Crippen LogP contribution >= 0.6 is 0 Å². The Balaban J connectivity index is 2.82. The second-order valence-electron chi connectivity index (χ2n) is 3.94. The van der Waals surface area contributed by atoms with Crippen molar-refractivity contribution in [1.29, 1.82) is 5.26 Å². The molecule has 1 rings (SSSR count). The van der Waals surface area contributed by atoms with E-state index < -0.39 is 18.3 Å². The fraction of sp³-hybridized carbons (Fsp3) is 0.462. The number of nitrogens with zero attached hydrogens (tertiary/aromatic N) is 1. The topological polar surface area (TPSA) is 54.3 Å². The van der Waals surface area contributed by atoms with E-state index in [0.29, 0.717) is 25.3 Å². The summed E-state index contributed by atoms with van der Waals surface area (Å²) in [6, 6.07) is 5.42. The number of methoxy groups -OCH3 is 1. The summed E-state index contributed by atoms with van der Waals surface area (Å²) in [7, 11) is 1.55. The summed E-state index contributed by atoms with van der Waals surface area (Å²) in [6.45, 7) is 0.902. The fourth-order valence-electron chi connectivity index (χ4n) is 1.55. The molecule has 4 nitrogen and oxygen atoms in total. The van der Waals surface area contributed by atoms with Crippen molar-refractivity contribution in [3.05, 3.63) is 29.3 Å². The first-order valence-electron chi connectivity index (χ1n) is 5.88. The molecule has 0 unspecified atom stereocenters. The second kappa shape index (κ2) is 7.72. The highest BCUT2D eigenvalue weighted by Crippen LogP contribution is 2.36. The summed E-state index contributed by atoms with van der Waals surface area (Å²) in [5.74, 6) is -0.334. The summed E-state index contributed by atoms with van der Waals surface area (Å²) < 4.78 is 48.3. The highest BCUT2D eigenvalue weighted by molar-refractivity contribution is 5.39. The molecule has 1 aromatic carbocycles. The molecule has 0 spiro atoms. The molecule has 0 aromatic heterocycles. The summed E-state index contributed by atoms with van der Waals surface area (Å²) in [5, 5.41) is 11.3. The number of ether oxygens (including phenoxy) is 2. The number of hydrogen-bond acceptors (Lipinski definition) is 4. The lowest BCUT2D eigenvalue weighted by atomic mass is 10.1. The summed E-state index contributed by atoms with van der Waals surface area (Å²) in [4.78, 5) is 0. The van der Waals surface area contributed by atoms with E-state index in [2.05, 4.69) is 5.32 Å². The van der Waals surface area contributed by atoms with Crippen LogP contribution in [0.2, 0.25) is 0 Å². The van der Waals surface area contributed by atoms with Crippen LogP contribution in [-0.2, 0) is 17.5 Å². The monoisotopic (exact) mass is 288 g/mol. The maximum atomic E-state index is 12.9. The van der Waals surface area contributed by atoms with Crippen molar-refractivity contribution in [1.82, 2.24) is 5.32 Å². The van der Waals surface area contributed by atoms with Crippen LogP contribution in [0.4, 0.5) is 13.2 Å². The Kier molecular flexibility index (Phi) is 6.28. The van der Waals surface area contributed by atoms with Crippen LogP contribution < -0.4 is 10.1 Å². The van der Waals surface area contributed by atoms with Gasteiger partial charge in [0.25, 0.3) is 0 Å². The van der Waals surface area contributed by atoms with E-state index in [4.69, 9.17) is 14.7 Å². The van der Waals surface area contributed by atoms with Crippen molar-refractivity contribution in [2.75, 3.05) is 26.9 Å². The molecule has 0 aliphatic carbocycles. The lowest BCUT2D eigenvalue weighted by molar-refractivity contribution is -0.138. The standard InChI is InChI=1S/C13H15F3N2O2/c1-19-7-5-18-9-10-2-3-12(20-6-4-17)11(8-10)13(14,15)16/h2-3,8,18H,5-7,9H2,1H3. The van der Waals surface area contributed by atoms with Crippen LogP contribution in [0.3, 0.4) is 0 Å². The third-order valence-corrected chi connectivity index (χ3v) is 2.45. The van der Waals surface area contributed by atoms with Gasteiger partial charge in [-0.3, -0.25) is 0 Å². The predicted octanol–water partition coefficient (Wildman–Crippen LogP) is 2.34. The first kappa shape index (κ1) is 16.3. The van der Waals surface area contributed by atoms with E-state index in [-0.39, 0.29) is 5.75 Å². The van der Waals surface area contributed by atoms with Gasteiger partial charge in [0.15, 0.2) is 6.61 Å². The minimum atomic E-state index is -4.52. The Hall–Kier alpha value is -1.78. The first-order chi connectivity index (χ1) is 9.49. The SMILES string of the molecule is COCCNCc1ccc(OCC#N)c(C(F)(F)F)c1. The number of benzene rings is 1. The molecule has 1 aromatic rings. The third-order valence-electron chi connectivity index (χ3n) is 2.45. The molecule has 0 radical (unpaired) electrons. The number of halogens is 3. The van der Waals surface area contributed by atoms with Gasteiger partial charge >= 0.3 is 6.18 Å². The van der Waals surface area contributed by atoms with Gasteiger partial charge in [0.2, 0.25) is 0 Å². The maximum absolute atomic E-state index is 12.9. The average Bonchev–Trinajstić information content (AvgIpc) is 2.41. The maximum Gasteiger partial charge on any atom is 0.419 e. The van der Waals surface area contributed by atoms with Crippen LogP contribution in [0.1, 0.15) is 11.1 Å². The summed E-state index contributed by atoms with van der Waals surface area (Å²) in [6.07, 6.45) is -4.52. The van der Waals surface area contributed by atoms with Gasteiger partial charge in [-0.2, -0.15) is 18.4 Å². The van der Waals surface area contributed by atoms with Crippen LogP contribution in [-0.4, -0.2) is 26.9 Å². The number of nitriles is 1. The zero-order valence-electron chi connectivity index (χ0n) is 11.0. The molecule has 0 aliphatic heterocycles. The molecular formula is C13H15F3N2O2. The zero-order valence-corrected chi connectivity index (χ0v) is 11.0. The van der Waals surface area contributed by atoms with Gasteiger partial charge in [-0.05, 0) is 17.7 Å². The molecule has 7 heteroatoms. The van der Waals surface area contributed by atoms with E-state index >= 15 is 0 Å². The lowest BCUT2D eigenvalue weighted by Crippen LogP contribution is -2.19. The van der Waals surface area contributed by atoms with Gasteiger partial charge < -0.3 is 14.8 Å². The Morgan fingerprint density at radius 3 is 2.70 bits per heavy atom. The lowest BCUT2D eigenvalue weighted by Gasteiger charge is -2.14. The Bertz CT molecular complexity index is 470. The fourth-order valence-corrected chi connectivity index (χ4v) is 1.55. The normalized spacial score (nSPS) is 11.2. The van der Waals surface area contributed by atoms with Crippen LogP contribution in [0.25, 0.3) is 0 Å². The van der Waals surface area contributed by atoms with Gasteiger partial charge in [-0.25, -0.2) is 0 Å². The van der Waals surface area contributed by atoms with Crippen LogP contribution in [0.5, 0.6) is 5.75 Å². The number of nitrogens with one attached hydrogen (secondary N) is 1. The molecule has 0 saturated heterocycles. The predicted molar refractivity (Wildman–Crippen MR) is 66.1 cm³/mol. The number of alkyl halides is 3. The summed E-state index contributed by atoms with van der Waals surface area (Å²) in [5.41, 5.74) is -0.392. The second-order valence-corrected chi connectivity index (χ2v) is 3.94. The minimum Gasteiger partial charge on any atom is -0.478 e. The molecule has 0 aliphatic rings. The van der Waals surface area contributed by atoms with Gasteiger partial charge in [0.1, 0.15) is 11.8 Å². The molecule has 20 heavy (non-hydrogen) atoms. The van der Waals surface area contributed by atoms with Crippen molar-refractivity contribution < 1.29 is 22.6 Å². The van der Waals surface area contributed by atoms with E-state index in [1.807, 2.05) is 0 Å². The summed E-state index contributed by atoms with van der Waals surface area (Å²) >= 11 is 0. The Morgan fingerprint density at radius 1 is 1.35 bits per heavy atom. The van der Waals surface area contributed by atoms with Crippen molar-refractivity contribution in [3.8, 4) is 11.8 Å². The molecule has 110 valence electrons. The highest BCUT2D eigenvalue weighted by Gasteiger charge is 2.34. The number of hydrogen-bond donors (Lipinski definition) is 1. The molecule has 0 heterocycles. The van der Waals surface area contributed by atoms with Crippen molar-refractivity contribution >= 4 is 0 Å². The minimum absolute atomic E-state index is 0.297. The molecule has 0 atom stereocenters. The quantitative estimate of drug-likeness (QED) is 0.782. The van der Waals surface area contributed by atoms with Gasteiger partial charge in [-0.1, -0.05) is 6.07 Å². The van der Waals surface area contributed by atoms with E-state index in [0.717, 1.165) is 6.07 Å². The molecule has 0 fully saturated rings. The average molecular weight is 288 g/mol. The highest BCUT2D eigenvalue weighted by atomic mass is 19.4. The molecule has 0 saturated carbocycles. The van der Waals surface area contributed by atoms with Crippen LogP contribution in [0.15, 0.2) is 18.2 Å². The van der Waals surface area contributed by atoms with E-state index in [1.165, 1.54) is 12.1 Å². The smallest absolute Gasteiger partial charge is 0.419 e. The largest absolute Gasteiger partial charge is 0.478 e. The van der Waals surface area contributed by atoms with Gasteiger partial charge in [-0.15, -0.1) is 0 Å². The molecule has 0 amide bonds. The molecular weight excluding hydrogens is 273 g/mol. The number of rotatable bonds is 7. The first-order valence-corrected chi connectivity index (χ1v) is 5.88. The van der Waals surface area contributed by atoms with Crippen molar-refractivity contribution in [2.24, 2.45) is 0 Å². The van der Waals surface area contributed by atoms with Crippen molar-refractivity contribution in [2.45, 2.75) is 12.7 Å². The third kappa shape index (κ3) is 5.07. The Labute approximate surface area is 115 Å². The molecule has 0 bridgehead atoms. The van der Waals surface area contributed by atoms with E-state index in [9.17, 15) is 13.2 Å². The zero-order chi connectivity index (χ0) is 15.0. The van der Waals surface area contributed by atoms with Gasteiger partial charge in [0, 0.05) is 20.2 Å². The molecule has 1 N–H and O–H groups in total. The van der Waals surface area contributed by atoms with Crippen LogP contribution in [0, 0.1) is 11.3 Å². The van der Waals surface area contributed by atoms with Gasteiger partial charge in [0.05, 0.1) is 12.2 Å². The van der Waals surface area contributed by atoms with Crippen molar-refractivity contribution in [3.63, 3.8) is 0 Å². The Morgan fingerprint density at radius 2 is 2.10 bits per heavy atom. The van der Waals surface area contributed by atoms with E-state index in [1.54, 1.807) is 13.2 Å².